The minimum Gasteiger partial charge on any atom is -0.392 e. The standard InChI is InChI=1S/C35H32N4O5S/c40-22-25-12-14-26(15-13-25)32-19-29(21-39-23-37-30-7-1-2-8-31(30)39)43-35(44-32)28-16-10-24(11-17-28)20-38-45(41,42)33-9-3-5-27-6-4-18-36-34(27)33/h1-18,23,29,32,35,38,40H,19-22H2/t29-,32+,35?/m0/s1. The van der Waals surface area contributed by atoms with Crippen LogP contribution in [0.4, 0.5) is 0 Å². The van der Waals surface area contributed by atoms with E-state index >= 15 is 0 Å². The largest absolute Gasteiger partial charge is 0.392 e. The van der Waals surface area contributed by atoms with Gasteiger partial charge in [-0.25, -0.2) is 18.1 Å². The Morgan fingerprint density at radius 2 is 1.58 bits per heavy atom. The Balaban J connectivity index is 1.09. The number of imidazole rings is 1. The molecule has 9 nitrogen and oxygen atoms in total. The molecule has 1 aliphatic rings. The molecule has 2 aromatic heterocycles. The lowest BCUT2D eigenvalue weighted by atomic mass is 10.00. The summed E-state index contributed by atoms with van der Waals surface area (Å²) in [5, 5.41) is 10.3. The number of aromatic nitrogens is 3. The number of nitrogens with one attached hydrogen (secondary N) is 1. The van der Waals surface area contributed by atoms with Crippen LogP contribution in [0.25, 0.3) is 21.9 Å². The average molecular weight is 621 g/mol. The highest BCUT2D eigenvalue weighted by Gasteiger charge is 2.32. The zero-order valence-corrected chi connectivity index (χ0v) is 25.2. The Morgan fingerprint density at radius 1 is 0.822 bits per heavy atom. The molecule has 45 heavy (non-hydrogen) atoms. The molecule has 4 aromatic carbocycles. The van der Waals surface area contributed by atoms with E-state index in [0.717, 1.165) is 38.7 Å². The molecule has 1 aliphatic heterocycles. The molecular formula is C35H32N4O5S. The fraction of sp³-hybridized carbons (Fsp3) is 0.200. The van der Waals surface area contributed by atoms with Crippen LogP contribution in [0.2, 0.25) is 0 Å². The average Bonchev–Trinajstić information content (AvgIpc) is 3.49. The molecule has 228 valence electrons. The highest BCUT2D eigenvalue weighted by Crippen LogP contribution is 2.38. The molecule has 0 aliphatic carbocycles. The lowest BCUT2D eigenvalue weighted by molar-refractivity contribution is -0.252. The number of aliphatic hydroxyl groups is 1. The number of sulfonamides is 1. The predicted octanol–water partition coefficient (Wildman–Crippen LogP) is 5.80. The first-order valence-corrected chi connectivity index (χ1v) is 16.3. The summed E-state index contributed by atoms with van der Waals surface area (Å²) in [4.78, 5) is 8.97. The summed E-state index contributed by atoms with van der Waals surface area (Å²) in [5.41, 5.74) is 5.88. The number of hydrogen-bond acceptors (Lipinski definition) is 7. The topological polar surface area (TPSA) is 116 Å². The number of nitrogens with zero attached hydrogens (tertiary/aromatic N) is 3. The van der Waals surface area contributed by atoms with Gasteiger partial charge in [0.25, 0.3) is 0 Å². The van der Waals surface area contributed by atoms with Crippen molar-refractivity contribution in [3.63, 3.8) is 0 Å². The number of benzene rings is 4. The molecule has 0 radical (unpaired) electrons. The van der Waals surface area contributed by atoms with Crippen molar-refractivity contribution in [3.05, 3.63) is 138 Å². The summed E-state index contributed by atoms with van der Waals surface area (Å²) >= 11 is 0. The van der Waals surface area contributed by atoms with Gasteiger partial charge < -0.3 is 19.1 Å². The lowest BCUT2D eigenvalue weighted by Crippen LogP contribution is -2.32. The van der Waals surface area contributed by atoms with Crippen molar-refractivity contribution in [1.82, 2.24) is 19.3 Å². The first kappa shape index (κ1) is 29.3. The second kappa shape index (κ2) is 12.5. The van der Waals surface area contributed by atoms with E-state index in [2.05, 4.69) is 19.3 Å². The van der Waals surface area contributed by atoms with Crippen LogP contribution in [0.1, 0.15) is 41.1 Å². The number of fused-ring (bicyclic) bond motifs is 2. The maximum absolute atomic E-state index is 13.2. The van der Waals surface area contributed by atoms with Gasteiger partial charge in [-0.3, -0.25) is 4.98 Å². The first-order chi connectivity index (χ1) is 22.0. The van der Waals surface area contributed by atoms with E-state index in [1.165, 1.54) is 0 Å². The van der Waals surface area contributed by atoms with Crippen LogP contribution in [0.5, 0.6) is 0 Å². The molecular weight excluding hydrogens is 588 g/mol. The molecule has 3 atom stereocenters. The van der Waals surface area contributed by atoms with Gasteiger partial charge in [-0.1, -0.05) is 78.9 Å². The van der Waals surface area contributed by atoms with E-state index in [-0.39, 0.29) is 30.3 Å². The van der Waals surface area contributed by atoms with Crippen molar-refractivity contribution in [2.75, 3.05) is 0 Å². The Bertz CT molecular complexity index is 2040. The summed E-state index contributed by atoms with van der Waals surface area (Å²) in [6.45, 7) is 0.706. The van der Waals surface area contributed by atoms with Crippen molar-refractivity contribution in [1.29, 1.82) is 0 Å². The van der Waals surface area contributed by atoms with Crippen molar-refractivity contribution in [2.24, 2.45) is 0 Å². The number of ether oxygens (including phenoxy) is 2. The quantitative estimate of drug-likeness (QED) is 0.210. The fourth-order valence-corrected chi connectivity index (χ4v) is 6.94. The molecule has 6 aromatic rings. The summed E-state index contributed by atoms with van der Waals surface area (Å²) < 4.78 is 44.2. The van der Waals surface area contributed by atoms with Gasteiger partial charge in [0.2, 0.25) is 10.0 Å². The van der Waals surface area contributed by atoms with E-state index in [9.17, 15) is 13.5 Å². The second-order valence-electron chi connectivity index (χ2n) is 11.1. The molecule has 0 bridgehead atoms. The van der Waals surface area contributed by atoms with Crippen molar-refractivity contribution in [3.8, 4) is 0 Å². The van der Waals surface area contributed by atoms with Crippen LogP contribution < -0.4 is 4.72 Å². The predicted molar refractivity (Wildman–Crippen MR) is 170 cm³/mol. The Kier molecular flexibility index (Phi) is 8.14. The van der Waals surface area contributed by atoms with Gasteiger partial charge >= 0.3 is 0 Å². The van der Waals surface area contributed by atoms with Crippen LogP contribution in [0.3, 0.4) is 0 Å². The zero-order valence-electron chi connectivity index (χ0n) is 24.4. The molecule has 0 spiro atoms. The fourth-order valence-electron chi connectivity index (χ4n) is 5.75. The van der Waals surface area contributed by atoms with Crippen LogP contribution in [0.15, 0.2) is 121 Å². The molecule has 3 heterocycles. The summed E-state index contributed by atoms with van der Waals surface area (Å²) in [5.74, 6) is 0. The second-order valence-corrected chi connectivity index (χ2v) is 12.9. The Hall–Kier alpha value is -4.45. The van der Waals surface area contributed by atoms with Crippen LogP contribution in [-0.4, -0.2) is 34.2 Å². The zero-order chi connectivity index (χ0) is 30.8. The van der Waals surface area contributed by atoms with E-state index in [1.54, 1.807) is 24.4 Å². The van der Waals surface area contributed by atoms with Gasteiger partial charge in [0.1, 0.15) is 4.90 Å². The SMILES string of the molecule is O=S(=O)(NCc1ccc(C2O[C@H](Cn3cnc4ccccc43)C[C@H](c3ccc(CO)cc3)O2)cc1)c1cccc2cccnc12. The van der Waals surface area contributed by atoms with Gasteiger partial charge in [-0.05, 0) is 41.0 Å². The van der Waals surface area contributed by atoms with E-state index in [1.807, 2.05) is 91.3 Å². The molecule has 7 rings (SSSR count). The summed E-state index contributed by atoms with van der Waals surface area (Å²) in [7, 11) is -3.79. The number of pyridine rings is 1. The molecule has 10 heteroatoms. The molecule has 2 N–H and O–H groups in total. The number of rotatable bonds is 9. The summed E-state index contributed by atoms with van der Waals surface area (Å²) in [6, 6.07) is 32.1. The lowest BCUT2D eigenvalue weighted by Gasteiger charge is -2.36. The molecule has 0 saturated carbocycles. The minimum atomic E-state index is -3.79. The minimum absolute atomic E-state index is 0.0186. The smallest absolute Gasteiger partial charge is 0.243 e. The van der Waals surface area contributed by atoms with Crippen molar-refractivity contribution < 1.29 is 23.0 Å². The van der Waals surface area contributed by atoms with Gasteiger partial charge in [0.15, 0.2) is 6.29 Å². The third kappa shape index (κ3) is 6.24. The number of para-hydroxylation sites is 3. The normalized spacial score (nSPS) is 18.8. The molecule has 1 unspecified atom stereocenters. The third-order valence-corrected chi connectivity index (χ3v) is 9.58. The maximum atomic E-state index is 13.2. The van der Waals surface area contributed by atoms with Gasteiger partial charge in [-0.2, -0.15) is 0 Å². The highest BCUT2D eigenvalue weighted by atomic mass is 32.2. The van der Waals surface area contributed by atoms with Crippen molar-refractivity contribution >= 4 is 32.0 Å². The Labute approximate surface area is 261 Å². The molecule has 0 amide bonds. The number of aliphatic hydroxyl groups excluding tert-OH is 1. The van der Waals surface area contributed by atoms with Crippen LogP contribution in [0, 0.1) is 0 Å². The highest BCUT2D eigenvalue weighted by molar-refractivity contribution is 7.89. The molecule has 1 saturated heterocycles. The van der Waals surface area contributed by atoms with Crippen LogP contribution >= 0.6 is 0 Å². The number of hydrogen-bond donors (Lipinski definition) is 2. The van der Waals surface area contributed by atoms with E-state index in [0.29, 0.717) is 18.5 Å². The van der Waals surface area contributed by atoms with Gasteiger partial charge in [-0.15, -0.1) is 0 Å². The summed E-state index contributed by atoms with van der Waals surface area (Å²) in [6.07, 6.45) is 3.06. The Morgan fingerprint density at radius 3 is 2.40 bits per heavy atom. The maximum Gasteiger partial charge on any atom is 0.243 e. The van der Waals surface area contributed by atoms with E-state index < -0.39 is 16.3 Å². The molecule has 1 fully saturated rings. The van der Waals surface area contributed by atoms with Crippen molar-refractivity contribution in [2.45, 2.75) is 49.5 Å². The van der Waals surface area contributed by atoms with Gasteiger partial charge in [0, 0.05) is 30.1 Å². The van der Waals surface area contributed by atoms with Crippen LogP contribution in [-0.2, 0) is 39.2 Å². The van der Waals surface area contributed by atoms with Gasteiger partial charge in [0.05, 0.1) is 48.2 Å². The first-order valence-electron chi connectivity index (χ1n) is 14.8. The third-order valence-electron chi connectivity index (χ3n) is 8.15. The monoisotopic (exact) mass is 620 g/mol. The van der Waals surface area contributed by atoms with E-state index in [4.69, 9.17) is 9.47 Å².